The van der Waals surface area contributed by atoms with Crippen LogP contribution in [0.25, 0.3) is 0 Å². The molecule has 7 heteroatoms. The van der Waals surface area contributed by atoms with Crippen molar-refractivity contribution in [2.75, 3.05) is 31.1 Å². The number of cyclic esters (lactones) is 1. The summed E-state index contributed by atoms with van der Waals surface area (Å²) in [5, 5.41) is 0. The van der Waals surface area contributed by atoms with Crippen LogP contribution in [0.15, 0.2) is 54.6 Å². The van der Waals surface area contributed by atoms with Crippen molar-refractivity contribution in [1.29, 1.82) is 0 Å². The Morgan fingerprint density at radius 2 is 1.59 bits per heavy atom. The van der Waals surface area contributed by atoms with Crippen LogP contribution in [0.3, 0.4) is 0 Å². The number of fused-ring (bicyclic) bond motifs is 1. The van der Waals surface area contributed by atoms with Gasteiger partial charge >= 0.3 is 6.09 Å². The first-order valence-corrected chi connectivity index (χ1v) is 12.2. The van der Waals surface area contributed by atoms with Crippen LogP contribution >= 0.6 is 0 Å². The Hall–Kier alpha value is -3.35. The van der Waals surface area contributed by atoms with Gasteiger partial charge in [-0.25, -0.2) is 4.79 Å². The van der Waals surface area contributed by atoms with E-state index in [1.165, 1.54) is 11.1 Å². The van der Waals surface area contributed by atoms with E-state index in [0.29, 0.717) is 26.2 Å². The fourth-order valence-corrected chi connectivity index (χ4v) is 5.46. The lowest BCUT2D eigenvalue weighted by molar-refractivity contribution is -0.134. The van der Waals surface area contributed by atoms with Crippen molar-refractivity contribution < 1.29 is 19.1 Å². The van der Waals surface area contributed by atoms with E-state index >= 15 is 0 Å². The standard InChI is InChI=1S/C27H31N3O4/c31-25(10-11-26(32)29-17-12-21-8-4-5-9-24(21)29)28-15-13-22(14-16-28)30-23(19-34-27(30)33)18-20-6-2-1-3-7-20/h1-9,22-23H,10-19H2/t23-/m1/s1. The van der Waals surface area contributed by atoms with Crippen molar-refractivity contribution in [3.05, 3.63) is 65.7 Å². The van der Waals surface area contributed by atoms with E-state index < -0.39 is 0 Å². The van der Waals surface area contributed by atoms with Crippen molar-refractivity contribution in [1.82, 2.24) is 9.80 Å². The van der Waals surface area contributed by atoms with Crippen molar-refractivity contribution in [3.8, 4) is 0 Å². The number of likely N-dealkylation sites (tertiary alicyclic amines) is 1. The van der Waals surface area contributed by atoms with Crippen LogP contribution < -0.4 is 4.90 Å². The van der Waals surface area contributed by atoms with Crippen LogP contribution in [-0.2, 0) is 27.2 Å². The van der Waals surface area contributed by atoms with Crippen molar-refractivity contribution in [2.24, 2.45) is 0 Å². The van der Waals surface area contributed by atoms with Crippen LogP contribution in [0.5, 0.6) is 0 Å². The van der Waals surface area contributed by atoms with Crippen LogP contribution in [0.4, 0.5) is 10.5 Å². The van der Waals surface area contributed by atoms with Gasteiger partial charge in [-0.05, 0) is 42.9 Å². The normalized spacial score (nSPS) is 20.4. The Bertz CT molecular complexity index is 1050. The molecule has 2 aromatic carbocycles. The molecule has 0 N–H and O–H groups in total. The van der Waals surface area contributed by atoms with Crippen molar-refractivity contribution >= 4 is 23.6 Å². The van der Waals surface area contributed by atoms with Gasteiger partial charge in [0, 0.05) is 44.2 Å². The number of benzene rings is 2. The summed E-state index contributed by atoms with van der Waals surface area (Å²) in [7, 11) is 0. The second-order valence-corrected chi connectivity index (χ2v) is 9.36. The number of piperidine rings is 1. The van der Waals surface area contributed by atoms with E-state index in [1.807, 2.05) is 46.2 Å². The zero-order chi connectivity index (χ0) is 23.5. The first-order chi connectivity index (χ1) is 16.6. The smallest absolute Gasteiger partial charge is 0.410 e. The molecule has 178 valence electrons. The fourth-order valence-electron chi connectivity index (χ4n) is 5.46. The summed E-state index contributed by atoms with van der Waals surface area (Å²) in [4.78, 5) is 43.6. The molecule has 0 radical (unpaired) electrons. The zero-order valence-electron chi connectivity index (χ0n) is 19.4. The molecule has 0 bridgehead atoms. The molecule has 0 spiro atoms. The molecule has 5 rings (SSSR count). The minimum absolute atomic E-state index is 0.0109. The molecule has 0 saturated carbocycles. The van der Waals surface area contributed by atoms with Gasteiger partial charge in [0.2, 0.25) is 11.8 Å². The zero-order valence-corrected chi connectivity index (χ0v) is 19.4. The minimum Gasteiger partial charge on any atom is -0.447 e. The first-order valence-electron chi connectivity index (χ1n) is 12.2. The Balaban J connectivity index is 1.11. The topological polar surface area (TPSA) is 70.2 Å². The van der Waals surface area contributed by atoms with Gasteiger partial charge in [-0.1, -0.05) is 48.5 Å². The molecule has 3 aliphatic rings. The van der Waals surface area contributed by atoms with E-state index in [0.717, 1.165) is 31.4 Å². The molecular weight excluding hydrogens is 430 g/mol. The van der Waals surface area contributed by atoms with Crippen LogP contribution in [-0.4, -0.2) is 66.0 Å². The number of rotatable bonds is 6. The predicted octanol–water partition coefficient (Wildman–Crippen LogP) is 3.41. The molecule has 2 fully saturated rings. The average Bonchev–Trinajstić information content (AvgIpc) is 3.46. The predicted molar refractivity (Wildman–Crippen MR) is 128 cm³/mol. The molecular formula is C27H31N3O4. The SMILES string of the molecule is O=C(CCC(=O)N1CCc2ccccc21)N1CCC(N2C(=O)OC[C@H]2Cc2ccccc2)CC1. The van der Waals surface area contributed by atoms with Gasteiger partial charge in [0.1, 0.15) is 6.61 Å². The van der Waals surface area contributed by atoms with Gasteiger partial charge in [-0.3, -0.25) is 14.5 Å². The summed E-state index contributed by atoms with van der Waals surface area (Å²) < 4.78 is 5.38. The van der Waals surface area contributed by atoms with E-state index in [9.17, 15) is 14.4 Å². The molecule has 7 nitrogen and oxygen atoms in total. The number of ether oxygens (including phenoxy) is 1. The summed E-state index contributed by atoms with van der Waals surface area (Å²) in [6.07, 6.45) is 3.32. The first kappa shape index (κ1) is 22.4. The highest BCUT2D eigenvalue weighted by molar-refractivity contribution is 5.97. The Labute approximate surface area is 200 Å². The number of amides is 3. The molecule has 3 aliphatic heterocycles. The number of anilines is 1. The third-order valence-electron chi connectivity index (χ3n) is 7.27. The molecule has 0 aromatic heterocycles. The average molecular weight is 462 g/mol. The number of hydrogen-bond donors (Lipinski definition) is 0. The lowest BCUT2D eigenvalue weighted by Gasteiger charge is -2.38. The van der Waals surface area contributed by atoms with Gasteiger partial charge in [0.05, 0.1) is 6.04 Å². The third-order valence-corrected chi connectivity index (χ3v) is 7.27. The summed E-state index contributed by atoms with van der Waals surface area (Å²) in [5.74, 6) is 0.0286. The Morgan fingerprint density at radius 3 is 2.38 bits per heavy atom. The lowest BCUT2D eigenvalue weighted by atomic mass is 9.99. The van der Waals surface area contributed by atoms with Gasteiger partial charge in [-0.2, -0.15) is 0 Å². The number of nitrogens with zero attached hydrogens (tertiary/aromatic N) is 3. The van der Waals surface area contributed by atoms with Crippen molar-refractivity contribution in [2.45, 2.75) is 50.6 Å². The van der Waals surface area contributed by atoms with Gasteiger partial charge in [0.15, 0.2) is 0 Å². The molecule has 1 atom stereocenters. The van der Waals surface area contributed by atoms with Crippen LogP contribution in [0, 0.1) is 0 Å². The number of carbonyl (C=O) groups is 3. The summed E-state index contributed by atoms with van der Waals surface area (Å²) in [6.45, 7) is 2.31. The Morgan fingerprint density at radius 1 is 0.882 bits per heavy atom. The van der Waals surface area contributed by atoms with Crippen LogP contribution in [0.1, 0.15) is 36.8 Å². The molecule has 0 aliphatic carbocycles. The lowest BCUT2D eigenvalue weighted by Crippen LogP contribution is -2.50. The molecule has 0 unspecified atom stereocenters. The number of hydrogen-bond acceptors (Lipinski definition) is 4. The highest BCUT2D eigenvalue weighted by atomic mass is 16.6. The van der Waals surface area contributed by atoms with Crippen molar-refractivity contribution in [3.63, 3.8) is 0 Å². The quantitative estimate of drug-likeness (QED) is 0.661. The molecule has 34 heavy (non-hydrogen) atoms. The van der Waals surface area contributed by atoms with E-state index in [4.69, 9.17) is 4.74 Å². The maximum atomic E-state index is 12.8. The number of para-hydroxylation sites is 1. The van der Waals surface area contributed by atoms with Gasteiger partial charge in [0.25, 0.3) is 0 Å². The van der Waals surface area contributed by atoms with E-state index in [2.05, 4.69) is 18.2 Å². The summed E-state index contributed by atoms with van der Waals surface area (Å²) >= 11 is 0. The highest BCUT2D eigenvalue weighted by Crippen LogP contribution is 2.29. The highest BCUT2D eigenvalue weighted by Gasteiger charge is 2.39. The van der Waals surface area contributed by atoms with Gasteiger partial charge < -0.3 is 14.5 Å². The van der Waals surface area contributed by atoms with E-state index in [1.54, 1.807) is 4.90 Å². The maximum absolute atomic E-state index is 12.8. The second kappa shape index (κ2) is 9.87. The Kier molecular flexibility index (Phi) is 6.52. The number of carbonyl (C=O) groups excluding carboxylic acids is 3. The third kappa shape index (κ3) is 4.65. The van der Waals surface area contributed by atoms with Gasteiger partial charge in [-0.15, -0.1) is 0 Å². The monoisotopic (exact) mass is 461 g/mol. The minimum atomic E-state index is -0.248. The summed E-state index contributed by atoms with van der Waals surface area (Å²) in [6, 6.07) is 18.2. The molecule has 3 heterocycles. The van der Waals surface area contributed by atoms with Crippen LogP contribution in [0.2, 0.25) is 0 Å². The maximum Gasteiger partial charge on any atom is 0.410 e. The van der Waals surface area contributed by atoms with E-state index in [-0.39, 0.29) is 42.8 Å². The largest absolute Gasteiger partial charge is 0.447 e. The second-order valence-electron chi connectivity index (χ2n) is 9.36. The molecule has 2 saturated heterocycles. The molecule has 3 amide bonds. The fraction of sp³-hybridized carbons (Fsp3) is 0.444. The molecule has 2 aromatic rings. The summed E-state index contributed by atoms with van der Waals surface area (Å²) in [5.41, 5.74) is 3.35.